The Balaban J connectivity index is 1.49. The third-order valence-electron chi connectivity index (χ3n) is 4.37. The summed E-state index contributed by atoms with van der Waals surface area (Å²) in [6.07, 6.45) is 7.49. The SMILES string of the molecule is Cc1ccn(-c2cccc(C(=O)N[C@@H]3CCc4nccn4C3)c2)n1. The highest BCUT2D eigenvalue weighted by Crippen LogP contribution is 2.15. The van der Waals surface area contributed by atoms with Crippen LogP contribution in [0.3, 0.4) is 0 Å². The lowest BCUT2D eigenvalue weighted by Crippen LogP contribution is -2.40. The maximum Gasteiger partial charge on any atom is 0.251 e. The summed E-state index contributed by atoms with van der Waals surface area (Å²) in [7, 11) is 0. The molecule has 0 bridgehead atoms. The number of carbonyl (C=O) groups excluding carboxylic acids is 1. The topological polar surface area (TPSA) is 64.7 Å². The van der Waals surface area contributed by atoms with E-state index in [-0.39, 0.29) is 11.9 Å². The molecule has 0 saturated heterocycles. The zero-order valence-corrected chi connectivity index (χ0v) is 13.5. The van der Waals surface area contributed by atoms with Gasteiger partial charge in [0, 0.05) is 43.2 Å². The number of carbonyl (C=O) groups is 1. The molecule has 0 spiro atoms. The summed E-state index contributed by atoms with van der Waals surface area (Å²) >= 11 is 0. The Hall–Kier alpha value is -2.89. The lowest BCUT2D eigenvalue weighted by molar-refractivity contribution is 0.0927. The van der Waals surface area contributed by atoms with Crippen molar-refractivity contribution < 1.29 is 4.79 Å². The molecule has 1 aliphatic rings. The summed E-state index contributed by atoms with van der Waals surface area (Å²) in [5.74, 6) is 1.05. The highest BCUT2D eigenvalue weighted by molar-refractivity contribution is 5.94. The summed E-state index contributed by atoms with van der Waals surface area (Å²) in [5, 5.41) is 7.52. The highest BCUT2D eigenvalue weighted by atomic mass is 16.1. The number of fused-ring (bicyclic) bond motifs is 1. The molecule has 3 heterocycles. The van der Waals surface area contributed by atoms with Crippen LogP contribution in [0.2, 0.25) is 0 Å². The van der Waals surface area contributed by atoms with Crippen LogP contribution in [0.15, 0.2) is 48.9 Å². The van der Waals surface area contributed by atoms with E-state index in [0.717, 1.165) is 36.6 Å². The van der Waals surface area contributed by atoms with Crippen molar-refractivity contribution in [1.29, 1.82) is 0 Å². The van der Waals surface area contributed by atoms with Gasteiger partial charge in [0.1, 0.15) is 5.82 Å². The van der Waals surface area contributed by atoms with Crippen molar-refractivity contribution in [3.05, 3.63) is 66.0 Å². The van der Waals surface area contributed by atoms with Crippen molar-refractivity contribution in [2.75, 3.05) is 0 Å². The summed E-state index contributed by atoms with van der Waals surface area (Å²) in [5.41, 5.74) is 2.48. The fourth-order valence-corrected chi connectivity index (χ4v) is 3.10. The number of nitrogens with zero attached hydrogens (tertiary/aromatic N) is 4. The first-order valence-corrected chi connectivity index (χ1v) is 8.12. The molecule has 1 atom stereocenters. The Morgan fingerprint density at radius 2 is 2.21 bits per heavy atom. The minimum atomic E-state index is -0.0470. The fourth-order valence-electron chi connectivity index (χ4n) is 3.10. The van der Waals surface area contributed by atoms with E-state index in [9.17, 15) is 4.79 Å². The molecule has 0 unspecified atom stereocenters. The summed E-state index contributed by atoms with van der Waals surface area (Å²) in [6.45, 7) is 2.72. The molecular weight excluding hydrogens is 302 g/mol. The van der Waals surface area contributed by atoms with E-state index < -0.39 is 0 Å². The van der Waals surface area contributed by atoms with Crippen molar-refractivity contribution in [1.82, 2.24) is 24.6 Å². The smallest absolute Gasteiger partial charge is 0.251 e. The van der Waals surface area contributed by atoms with Gasteiger partial charge in [-0.2, -0.15) is 5.10 Å². The third kappa shape index (κ3) is 2.82. The number of imidazole rings is 1. The second-order valence-corrected chi connectivity index (χ2v) is 6.16. The first-order chi connectivity index (χ1) is 11.7. The van der Waals surface area contributed by atoms with Gasteiger partial charge in [-0.1, -0.05) is 6.07 Å². The van der Waals surface area contributed by atoms with Gasteiger partial charge in [-0.3, -0.25) is 4.79 Å². The van der Waals surface area contributed by atoms with Gasteiger partial charge in [0.05, 0.1) is 11.4 Å². The number of nitrogens with one attached hydrogen (secondary N) is 1. The van der Waals surface area contributed by atoms with Crippen LogP contribution in [0, 0.1) is 6.92 Å². The van der Waals surface area contributed by atoms with Gasteiger partial charge in [-0.05, 0) is 37.6 Å². The Morgan fingerprint density at radius 1 is 1.29 bits per heavy atom. The normalized spacial score (nSPS) is 16.6. The van der Waals surface area contributed by atoms with E-state index in [1.165, 1.54) is 0 Å². The number of rotatable bonds is 3. The molecule has 3 aromatic rings. The quantitative estimate of drug-likeness (QED) is 0.803. The molecule has 2 aromatic heterocycles. The number of hydrogen-bond donors (Lipinski definition) is 1. The first-order valence-electron chi connectivity index (χ1n) is 8.12. The predicted octanol–water partition coefficient (Wildman–Crippen LogP) is 2.12. The summed E-state index contributed by atoms with van der Waals surface area (Å²) in [4.78, 5) is 16.9. The zero-order chi connectivity index (χ0) is 16.5. The second kappa shape index (κ2) is 5.96. The minimum Gasteiger partial charge on any atom is -0.347 e. The number of aryl methyl sites for hydroxylation is 2. The van der Waals surface area contributed by atoms with Crippen molar-refractivity contribution in [3.8, 4) is 5.69 Å². The Bertz CT molecular complexity index is 879. The van der Waals surface area contributed by atoms with E-state index in [1.54, 1.807) is 4.68 Å². The largest absolute Gasteiger partial charge is 0.347 e. The number of aromatic nitrogens is 4. The van der Waals surface area contributed by atoms with E-state index >= 15 is 0 Å². The molecule has 6 nitrogen and oxygen atoms in total. The van der Waals surface area contributed by atoms with E-state index in [4.69, 9.17) is 0 Å². The standard InChI is InChI=1S/C18H19N5O/c1-13-7-9-23(21-13)16-4-2-3-14(11-16)18(24)20-15-5-6-17-19-8-10-22(17)12-15/h2-4,7-11,15H,5-6,12H2,1H3,(H,20,24)/t15-/m1/s1. The Kier molecular flexibility index (Phi) is 3.65. The fraction of sp³-hybridized carbons (Fsp3) is 0.278. The first kappa shape index (κ1) is 14.7. The van der Waals surface area contributed by atoms with Gasteiger partial charge < -0.3 is 9.88 Å². The van der Waals surface area contributed by atoms with Crippen molar-refractivity contribution >= 4 is 5.91 Å². The molecule has 6 heteroatoms. The molecule has 0 radical (unpaired) electrons. The molecular formula is C18H19N5O. The second-order valence-electron chi connectivity index (χ2n) is 6.16. The van der Waals surface area contributed by atoms with Crippen molar-refractivity contribution in [2.24, 2.45) is 0 Å². The van der Waals surface area contributed by atoms with Crippen LogP contribution in [-0.2, 0) is 13.0 Å². The van der Waals surface area contributed by atoms with Gasteiger partial charge in [0.15, 0.2) is 0 Å². The van der Waals surface area contributed by atoms with Gasteiger partial charge in [-0.25, -0.2) is 9.67 Å². The zero-order valence-electron chi connectivity index (χ0n) is 13.5. The lowest BCUT2D eigenvalue weighted by atomic mass is 10.1. The van der Waals surface area contributed by atoms with Crippen LogP contribution in [0.4, 0.5) is 0 Å². The van der Waals surface area contributed by atoms with Crippen LogP contribution in [0.25, 0.3) is 5.69 Å². The number of benzene rings is 1. The van der Waals surface area contributed by atoms with Crippen molar-refractivity contribution in [3.63, 3.8) is 0 Å². The Labute approximate surface area is 140 Å². The summed E-state index contributed by atoms with van der Waals surface area (Å²) < 4.78 is 3.89. The molecule has 1 amide bonds. The maximum absolute atomic E-state index is 12.6. The molecule has 0 fully saturated rings. The molecule has 24 heavy (non-hydrogen) atoms. The molecule has 0 saturated carbocycles. The number of amides is 1. The van der Waals surface area contributed by atoms with Crippen LogP contribution in [-0.4, -0.2) is 31.3 Å². The van der Waals surface area contributed by atoms with E-state index in [2.05, 4.69) is 20.0 Å². The molecule has 0 aliphatic carbocycles. The highest BCUT2D eigenvalue weighted by Gasteiger charge is 2.21. The average molecular weight is 321 g/mol. The third-order valence-corrected chi connectivity index (χ3v) is 4.37. The van der Waals surface area contributed by atoms with Gasteiger partial charge >= 0.3 is 0 Å². The predicted molar refractivity (Wildman–Crippen MR) is 90.1 cm³/mol. The average Bonchev–Trinajstić information content (AvgIpc) is 3.23. The van der Waals surface area contributed by atoms with Gasteiger partial charge in [0.25, 0.3) is 5.91 Å². The van der Waals surface area contributed by atoms with Crippen LogP contribution in [0.5, 0.6) is 0 Å². The molecule has 1 aromatic carbocycles. The molecule has 4 rings (SSSR count). The Morgan fingerprint density at radius 3 is 3.04 bits per heavy atom. The summed E-state index contributed by atoms with van der Waals surface area (Å²) in [6, 6.07) is 9.61. The van der Waals surface area contributed by atoms with Crippen LogP contribution >= 0.6 is 0 Å². The van der Waals surface area contributed by atoms with Crippen LogP contribution < -0.4 is 5.32 Å². The van der Waals surface area contributed by atoms with E-state index in [0.29, 0.717) is 5.56 Å². The lowest BCUT2D eigenvalue weighted by Gasteiger charge is -2.24. The molecule has 1 aliphatic heterocycles. The number of hydrogen-bond acceptors (Lipinski definition) is 3. The molecule has 1 N–H and O–H groups in total. The van der Waals surface area contributed by atoms with E-state index in [1.807, 2.05) is 55.8 Å². The molecule has 122 valence electrons. The van der Waals surface area contributed by atoms with Gasteiger partial charge in [0.2, 0.25) is 0 Å². The monoisotopic (exact) mass is 321 g/mol. The minimum absolute atomic E-state index is 0.0470. The maximum atomic E-state index is 12.6. The van der Waals surface area contributed by atoms with Crippen molar-refractivity contribution in [2.45, 2.75) is 32.4 Å². The van der Waals surface area contributed by atoms with Gasteiger partial charge in [-0.15, -0.1) is 0 Å². The van der Waals surface area contributed by atoms with Crippen LogP contribution in [0.1, 0.15) is 28.3 Å².